The highest BCUT2D eigenvalue weighted by atomic mass is 35.5. The van der Waals surface area contributed by atoms with E-state index in [0.29, 0.717) is 35.1 Å². The Morgan fingerprint density at radius 3 is 2.36 bits per heavy atom. The number of halogens is 2. The average molecular weight is 723 g/mol. The van der Waals surface area contributed by atoms with Gasteiger partial charge in [-0.25, -0.2) is 12.8 Å². The van der Waals surface area contributed by atoms with Crippen molar-refractivity contribution in [2.75, 3.05) is 5.32 Å². The highest BCUT2D eigenvalue weighted by molar-refractivity contribution is 7.91. The molecule has 0 bridgehead atoms. The molecule has 264 valence electrons. The normalized spacial score (nSPS) is 22.1. The molecule has 2 aliphatic carbocycles. The summed E-state index contributed by atoms with van der Waals surface area (Å²) in [6.45, 7) is 9.51. The maximum Gasteiger partial charge on any atom is 0.259 e. The second-order valence-corrected chi connectivity index (χ2v) is 16.7. The molecule has 10 nitrogen and oxygen atoms in total. The van der Waals surface area contributed by atoms with Crippen molar-refractivity contribution in [3.63, 3.8) is 0 Å². The van der Waals surface area contributed by atoms with Crippen LogP contribution in [0.3, 0.4) is 0 Å². The molecule has 0 aromatic heterocycles. The SMILES string of the molecule is C=C[C@@H]1CC1(NC(=O)[C@H]1Cc2cc(Oc3cccc(Cl)c3)ccc2CN1C(=O)[C@@H](Nc1ccc(F)cc1)C(C)(C)C)C(=O)NS(=O)(=O)C1CC1. The Bertz CT molecular complexity index is 1950. The highest BCUT2D eigenvalue weighted by Crippen LogP contribution is 2.45. The van der Waals surface area contributed by atoms with E-state index in [-0.39, 0.29) is 25.3 Å². The molecule has 3 aromatic carbocycles. The summed E-state index contributed by atoms with van der Waals surface area (Å²) in [6.07, 6.45) is 2.71. The summed E-state index contributed by atoms with van der Waals surface area (Å²) in [5.41, 5.74) is -0.0833. The van der Waals surface area contributed by atoms with Gasteiger partial charge < -0.3 is 20.3 Å². The van der Waals surface area contributed by atoms with E-state index in [1.54, 1.807) is 42.5 Å². The number of amides is 3. The van der Waals surface area contributed by atoms with Crippen LogP contribution in [0, 0.1) is 17.2 Å². The number of nitrogens with one attached hydrogen (secondary N) is 3. The van der Waals surface area contributed by atoms with Crippen LogP contribution in [-0.4, -0.2) is 53.9 Å². The number of hydrogen-bond acceptors (Lipinski definition) is 7. The molecular formula is C37H40ClFN4O6S. The summed E-state index contributed by atoms with van der Waals surface area (Å²) in [5, 5.41) is 5.96. The van der Waals surface area contributed by atoms with Crippen LogP contribution in [0.1, 0.15) is 51.2 Å². The third-order valence-corrected chi connectivity index (χ3v) is 11.5. The number of sulfonamides is 1. The first-order chi connectivity index (χ1) is 23.6. The number of carbonyl (C=O) groups excluding carboxylic acids is 3. The summed E-state index contributed by atoms with van der Waals surface area (Å²) in [6, 6.07) is 16.1. The number of nitrogens with zero attached hydrogens (tertiary/aromatic N) is 1. The number of anilines is 1. The van der Waals surface area contributed by atoms with Crippen LogP contribution in [0.15, 0.2) is 79.4 Å². The minimum Gasteiger partial charge on any atom is -0.457 e. The first kappa shape index (κ1) is 35.4. The molecule has 6 rings (SSSR count). The molecule has 1 aliphatic heterocycles. The van der Waals surface area contributed by atoms with Crippen LogP contribution >= 0.6 is 11.6 Å². The van der Waals surface area contributed by atoms with Gasteiger partial charge in [-0.3, -0.25) is 19.1 Å². The second-order valence-electron chi connectivity index (χ2n) is 14.3. The molecule has 50 heavy (non-hydrogen) atoms. The minimum absolute atomic E-state index is 0.0710. The van der Waals surface area contributed by atoms with Crippen LogP contribution in [0.2, 0.25) is 5.02 Å². The number of fused-ring (bicyclic) bond motifs is 1. The topological polar surface area (TPSA) is 134 Å². The number of hydrogen-bond donors (Lipinski definition) is 3. The monoisotopic (exact) mass is 722 g/mol. The largest absolute Gasteiger partial charge is 0.457 e. The van der Waals surface area contributed by atoms with Gasteiger partial charge in [0.2, 0.25) is 21.8 Å². The van der Waals surface area contributed by atoms with Crippen molar-refractivity contribution in [3.05, 3.63) is 101 Å². The van der Waals surface area contributed by atoms with E-state index in [1.807, 2.05) is 32.9 Å². The average Bonchev–Trinajstić information content (AvgIpc) is 3.99. The van der Waals surface area contributed by atoms with Crippen molar-refractivity contribution in [1.29, 1.82) is 0 Å². The Labute approximate surface area is 296 Å². The first-order valence-electron chi connectivity index (χ1n) is 16.5. The van der Waals surface area contributed by atoms with E-state index in [1.165, 1.54) is 23.1 Å². The smallest absolute Gasteiger partial charge is 0.259 e. The fourth-order valence-corrected chi connectivity index (χ4v) is 7.85. The lowest BCUT2D eigenvalue weighted by Gasteiger charge is -2.41. The molecule has 0 spiro atoms. The molecule has 3 amide bonds. The lowest BCUT2D eigenvalue weighted by Crippen LogP contribution is -2.61. The quantitative estimate of drug-likeness (QED) is 0.216. The van der Waals surface area contributed by atoms with Crippen molar-refractivity contribution >= 4 is 45.0 Å². The standard InChI is InChI=1S/C37H40ClFN4O6S/c1-5-24-20-37(24,35(46)42-50(47,48)30-15-16-30)41-33(44)31-18-23-17-29(49-28-8-6-7-25(38)19-28)14-9-22(23)21-43(31)34(45)32(36(2,3)4)40-27-12-10-26(39)11-13-27/h5-14,17,19,24,30-32,40H,1,15-16,18,20-21H2,2-4H3,(H,41,44)(H,42,46)/t24-,31-,32-,37?/m1/s1. The predicted octanol–water partition coefficient (Wildman–Crippen LogP) is 5.72. The van der Waals surface area contributed by atoms with E-state index in [4.69, 9.17) is 16.3 Å². The van der Waals surface area contributed by atoms with Gasteiger partial charge in [0.15, 0.2) is 0 Å². The third kappa shape index (κ3) is 7.51. The van der Waals surface area contributed by atoms with E-state index >= 15 is 0 Å². The van der Waals surface area contributed by atoms with Crippen LogP contribution in [0.5, 0.6) is 11.5 Å². The van der Waals surface area contributed by atoms with Gasteiger partial charge in [-0.2, -0.15) is 0 Å². The van der Waals surface area contributed by atoms with Gasteiger partial charge in [0, 0.05) is 29.6 Å². The Morgan fingerprint density at radius 1 is 1.04 bits per heavy atom. The van der Waals surface area contributed by atoms with Crippen molar-refractivity contribution < 1.29 is 31.9 Å². The highest BCUT2D eigenvalue weighted by Gasteiger charge is 2.61. The molecule has 3 aliphatic rings. The van der Waals surface area contributed by atoms with Gasteiger partial charge in [0.05, 0.1) is 5.25 Å². The van der Waals surface area contributed by atoms with Crippen molar-refractivity contribution in [2.24, 2.45) is 11.3 Å². The maximum atomic E-state index is 14.6. The summed E-state index contributed by atoms with van der Waals surface area (Å²) in [4.78, 5) is 43.9. The minimum atomic E-state index is -3.88. The molecular weight excluding hydrogens is 683 g/mol. The van der Waals surface area contributed by atoms with Crippen LogP contribution in [0.25, 0.3) is 0 Å². The molecule has 1 heterocycles. The fraction of sp³-hybridized carbons (Fsp3) is 0.378. The lowest BCUT2D eigenvalue weighted by atomic mass is 9.84. The van der Waals surface area contributed by atoms with Crippen LogP contribution < -0.4 is 20.1 Å². The number of carbonyl (C=O) groups is 3. The summed E-state index contributed by atoms with van der Waals surface area (Å²) in [7, 11) is -3.88. The van der Waals surface area contributed by atoms with Crippen LogP contribution in [0.4, 0.5) is 10.1 Å². The molecule has 4 atom stereocenters. The molecule has 0 saturated heterocycles. The van der Waals surface area contributed by atoms with E-state index in [9.17, 15) is 27.2 Å². The van der Waals surface area contributed by atoms with Crippen molar-refractivity contribution in [3.8, 4) is 11.5 Å². The lowest BCUT2D eigenvalue weighted by molar-refractivity contribution is -0.145. The molecule has 2 saturated carbocycles. The Balaban J connectivity index is 1.32. The van der Waals surface area contributed by atoms with Gasteiger partial charge in [0.1, 0.15) is 34.9 Å². The summed E-state index contributed by atoms with van der Waals surface area (Å²) < 4.78 is 47.3. The van der Waals surface area contributed by atoms with Gasteiger partial charge >= 0.3 is 0 Å². The van der Waals surface area contributed by atoms with Crippen molar-refractivity contribution in [2.45, 2.75) is 75.9 Å². The molecule has 3 N–H and O–H groups in total. The van der Waals surface area contributed by atoms with Crippen LogP contribution in [-0.2, 0) is 37.4 Å². The Kier molecular flexibility index (Phi) is 9.47. The van der Waals surface area contributed by atoms with E-state index in [0.717, 1.165) is 11.1 Å². The predicted molar refractivity (Wildman–Crippen MR) is 189 cm³/mol. The maximum absolute atomic E-state index is 14.6. The van der Waals surface area contributed by atoms with E-state index in [2.05, 4.69) is 21.9 Å². The van der Waals surface area contributed by atoms with Gasteiger partial charge in [0.25, 0.3) is 5.91 Å². The van der Waals surface area contributed by atoms with E-state index < -0.39 is 61.9 Å². The Hall–Kier alpha value is -4.42. The van der Waals surface area contributed by atoms with Gasteiger partial charge in [-0.1, -0.05) is 50.6 Å². The zero-order valence-electron chi connectivity index (χ0n) is 28.0. The first-order valence-corrected chi connectivity index (χ1v) is 18.4. The Morgan fingerprint density at radius 2 is 1.74 bits per heavy atom. The molecule has 3 aromatic rings. The fourth-order valence-electron chi connectivity index (χ4n) is 6.30. The summed E-state index contributed by atoms with van der Waals surface area (Å²) >= 11 is 6.14. The summed E-state index contributed by atoms with van der Waals surface area (Å²) in [5.74, 6) is -1.69. The number of rotatable bonds is 11. The zero-order valence-corrected chi connectivity index (χ0v) is 29.6. The molecule has 13 heteroatoms. The molecule has 1 unspecified atom stereocenters. The second kappa shape index (κ2) is 13.4. The zero-order chi connectivity index (χ0) is 36.0. The molecule has 2 fully saturated rings. The molecule has 0 radical (unpaired) electrons. The van der Waals surface area contributed by atoms with Gasteiger partial charge in [-0.05, 0) is 90.4 Å². The number of benzene rings is 3. The number of ether oxygens (including phenoxy) is 1. The third-order valence-electron chi connectivity index (χ3n) is 9.44. The van der Waals surface area contributed by atoms with Gasteiger partial charge in [-0.15, -0.1) is 6.58 Å². The van der Waals surface area contributed by atoms with Crippen molar-refractivity contribution in [1.82, 2.24) is 14.9 Å².